The first-order valence-electron chi connectivity index (χ1n) is 7.90. The predicted octanol–water partition coefficient (Wildman–Crippen LogP) is 3.96. The quantitative estimate of drug-likeness (QED) is 0.520. The van der Waals surface area contributed by atoms with Crippen molar-refractivity contribution in [2.45, 2.75) is 12.7 Å². The van der Waals surface area contributed by atoms with Gasteiger partial charge in [-0.25, -0.2) is 9.37 Å². The molecule has 0 spiro atoms. The van der Waals surface area contributed by atoms with Crippen LogP contribution in [-0.2, 0) is 12.7 Å². The number of rotatable bonds is 2. The van der Waals surface area contributed by atoms with Crippen LogP contribution in [0.2, 0.25) is 0 Å². The summed E-state index contributed by atoms with van der Waals surface area (Å²) in [5.41, 5.74) is 12.0. The Morgan fingerprint density at radius 1 is 0.963 bits per heavy atom. The van der Waals surface area contributed by atoms with E-state index in [2.05, 4.69) is 9.97 Å². The van der Waals surface area contributed by atoms with Crippen LogP contribution in [0.3, 0.4) is 0 Å². The Balaban J connectivity index is 1.77. The standard InChI is InChI=1S/C18H13F4N5/c19-13-7-9(1-3-12(13)18(20,21)22)8-27-6-5-10-14(27)4-2-11-15(10)25-17(24)26-16(11)23/h1-7H,8H2,(H4,23,24,25,26). The summed E-state index contributed by atoms with van der Waals surface area (Å²) in [5.74, 6) is -0.989. The summed E-state index contributed by atoms with van der Waals surface area (Å²) in [7, 11) is 0. The van der Waals surface area contributed by atoms with Gasteiger partial charge in [0.05, 0.1) is 16.6 Å². The van der Waals surface area contributed by atoms with E-state index in [0.29, 0.717) is 16.5 Å². The maximum Gasteiger partial charge on any atom is 0.419 e. The zero-order chi connectivity index (χ0) is 19.3. The van der Waals surface area contributed by atoms with Crippen LogP contribution in [0.4, 0.5) is 29.3 Å². The lowest BCUT2D eigenvalue weighted by molar-refractivity contribution is -0.140. The van der Waals surface area contributed by atoms with Crippen LogP contribution in [0.15, 0.2) is 42.6 Å². The molecule has 2 aromatic carbocycles. The third kappa shape index (κ3) is 2.90. The molecule has 9 heteroatoms. The predicted molar refractivity (Wildman–Crippen MR) is 94.4 cm³/mol. The molecule has 4 rings (SSSR count). The average molecular weight is 375 g/mol. The van der Waals surface area contributed by atoms with Crippen LogP contribution in [0.1, 0.15) is 11.1 Å². The highest BCUT2D eigenvalue weighted by molar-refractivity contribution is 6.07. The van der Waals surface area contributed by atoms with Gasteiger partial charge in [0, 0.05) is 23.5 Å². The minimum atomic E-state index is -4.72. The fourth-order valence-corrected chi connectivity index (χ4v) is 3.13. The molecule has 0 fully saturated rings. The molecule has 0 bridgehead atoms. The monoisotopic (exact) mass is 375 g/mol. The highest BCUT2D eigenvalue weighted by atomic mass is 19.4. The van der Waals surface area contributed by atoms with Gasteiger partial charge in [0.15, 0.2) is 0 Å². The van der Waals surface area contributed by atoms with Gasteiger partial charge in [0.25, 0.3) is 0 Å². The van der Waals surface area contributed by atoms with Crippen LogP contribution >= 0.6 is 0 Å². The lowest BCUT2D eigenvalue weighted by atomic mass is 10.1. The minimum absolute atomic E-state index is 0.0464. The number of hydrogen-bond acceptors (Lipinski definition) is 4. The normalized spacial score (nSPS) is 12.1. The van der Waals surface area contributed by atoms with E-state index in [0.717, 1.165) is 23.0 Å². The van der Waals surface area contributed by atoms with E-state index in [1.165, 1.54) is 6.07 Å². The first kappa shape index (κ1) is 17.1. The van der Waals surface area contributed by atoms with Crippen LogP contribution in [0, 0.1) is 5.82 Å². The Bertz CT molecular complexity index is 1180. The average Bonchev–Trinajstić information content (AvgIpc) is 2.97. The molecular formula is C18H13F4N5. The Labute approximate surface area is 150 Å². The van der Waals surface area contributed by atoms with Gasteiger partial charge in [-0.15, -0.1) is 0 Å². The Kier molecular flexibility index (Phi) is 3.69. The number of nitrogen functional groups attached to an aromatic ring is 2. The Morgan fingerprint density at radius 2 is 1.74 bits per heavy atom. The van der Waals surface area contributed by atoms with E-state index in [1.54, 1.807) is 29.0 Å². The highest BCUT2D eigenvalue weighted by Gasteiger charge is 2.33. The zero-order valence-electron chi connectivity index (χ0n) is 13.8. The number of hydrogen-bond donors (Lipinski definition) is 2. The lowest BCUT2D eigenvalue weighted by Gasteiger charge is -2.11. The van der Waals surface area contributed by atoms with Crippen LogP contribution in [0.25, 0.3) is 21.8 Å². The molecule has 2 heterocycles. The van der Waals surface area contributed by atoms with E-state index in [1.807, 2.05) is 0 Å². The molecule has 2 aromatic heterocycles. The number of halogens is 4. The van der Waals surface area contributed by atoms with Gasteiger partial charge in [0.1, 0.15) is 11.6 Å². The van der Waals surface area contributed by atoms with Gasteiger partial charge in [0.2, 0.25) is 5.95 Å². The molecule has 0 unspecified atom stereocenters. The van der Waals surface area contributed by atoms with Crippen molar-refractivity contribution in [1.82, 2.24) is 14.5 Å². The molecule has 0 aliphatic heterocycles. The number of fused-ring (bicyclic) bond motifs is 3. The second-order valence-electron chi connectivity index (χ2n) is 6.12. The van der Waals surface area contributed by atoms with Crippen molar-refractivity contribution in [3.05, 3.63) is 59.5 Å². The third-order valence-electron chi connectivity index (χ3n) is 4.35. The van der Waals surface area contributed by atoms with Gasteiger partial charge in [-0.1, -0.05) is 6.07 Å². The third-order valence-corrected chi connectivity index (χ3v) is 4.35. The maximum atomic E-state index is 13.8. The van der Waals surface area contributed by atoms with Gasteiger partial charge in [-0.2, -0.15) is 18.2 Å². The first-order valence-corrected chi connectivity index (χ1v) is 7.90. The fraction of sp³-hybridized carbons (Fsp3) is 0.111. The summed E-state index contributed by atoms with van der Waals surface area (Å²) in [5, 5.41) is 1.41. The summed E-state index contributed by atoms with van der Waals surface area (Å²) >= 11 is 0. The number of nitrogens with two attached hydrogens (primary N) is 2. The van der Waals surface area contributed by atoms with Crippen molar-refractivity contribution >= 4 is 33.6 Å². The summed E-state index contributed by atoms with van der Waals surface area (Å²) in [6, 6.07) is 8.25. The van der Waals surface area contributed by atoms with Crippen molar-refractivity contribution in [3.63, 3.8) is 0 Å². The maximum absolute atomic E-state index is 13.8. The first-order chi connectivity index (χ1) is 12.7. The molecule has 5 nitrogen and oxygen atoms in total. The SMILES string of the molecule is Nc1nc(N)c2ccc3c(ccn3Cc3ccc(C(F)(F)F)c(F)c3)c2n1. The van der Waals surface area contributed by atoms with Crippen molar-refractivity contribution in [1.29, 1.82) is 0 Å². The minimum Gasteiger partial charge on any atom is -0.383 e. The number of aromatic nitrogens is 3. The van der Waals surface area contributed by atoms with E-state index in [9.17, 15) is 17.6 Å². The van der Waals surface area contributed by atoms with Gasteiger partial charge in [-0.05, 0) is 35.9 Å². The summed E-state index contributed by atoms with van der Waals surface area (Å²) < 4.78 is 53.7. The summed E-state index contributed by atoms with van der Waals surface area (Å²) in [6.07, 6.45) is -2.98. The number of anilines is 2. The molecule has 138 valence electrons. The van der Waals surface area contributed by atoms with Crippen LogP contribution in [0.5, 0.6) is 0 Å². The molecule has 0 radical (unpaired) electrons. The van der Waals surface area contributed by atoms with Crippen molar-refractivity contribution in [2.75, 3.05) is 11.5 Å². The Morgan fingerprint density at radius 3 is 2.44 bits per heavy atom. The molecule has 0 saturated heterocycles. The molecule has 27 heavy (non-hydrogen) atoms. The van der Waals surface area contributed by atoms with Crippen LogP contribution < -0.4 is 11.5 Å². The second kappa shape index (κ2) is 5.83. The van der Waals surface area contributed by atoms with Crippen molar-refractivity contribution < 1.29 is 17.6 Å². The Hall–Kier alpha value is -3.36. The molecule has 0 atom stereocenters. The molecule has 4 N–H and O–H groups in total. The number of nitrogens with zero attached hydrogens (tertiary/aromatic N) is 3. The smallest absolute Gasteiger partial charge is 0.383 e. The van der Waals surface area contributed by atoms with Crippen LogP contribution in [-0.4, -0.2) is 14.5 Å². The lowest BCUT2D eigenvalue weighted by Crippen LogP contribution is -2.09. The van der Waals surface area contributed by atoms with E-state index in [4.69, 9.17) is 11.5 Å². The van der Waals surface area contributed by atoms with E-state index < -0.39 is 17.6 Å². The van der Waals surface area contributed by atoms with Gasteiger partial charge < -0.3 is 16.0 Å². The van der Waals surface area contributed by atoms with Gasteiger partial charge in [-0.3, -0.25) is 0 Å². The zero-order valence-corrected chi connectivity index (χ0v) is 13.8. The molecule has 0 aliphatic carbocycles. The summed E-state index contributed by atoms with van der Waals surface area (Å²) in [6.45, 7) is 0.195. The fourth-order valence-electron chi connectivity index (χ4n) is 3.13. The number of alkyl halides is 3. The van der Waals surface area contributed by atoms with E-state index >= 15 is 0 Å². The summed E-state index contributed by atoms with van der Waals surface area (Å²) in [4.78, 5) is 8.15. The molecule has 0 amide bonds. The molecule has 4 aromatic rings. The molecular weight excluding hydrogens is 362 g/mol. The highest BCUT2D eigenvalue weighted by Crippen LogP contribution is 2.32. The topological polar surface area (TPSA) is 82.7 Å². The van der Waals surface area contributed by atoms with Gasteiger partial charge >= 0.3 is 6.18 Å². The van der Waals surface area contributed by atoms with E-state index in [-0.39, 0.29) is 18.3 Å². The molecule has 0 saturated carbocycles. The molecule has 0 aliphatic rings. The number of benzene rings is 2. The second-order valence-corrected chi connectivity index (χ2v) is 6.12. The largest absolute Gasteiger partial charge is 0.419 e. The van der Waals surface area contributed by atoms with Crippen molar-refractivity contribution in [3.8, 4) is 0 Å². The van der Waals surface area contributed by atoms with Crippen molar-refractivity contribution in [2.24, 2.45) is 0 Å².